The fourth-order valence-electron chi connectivity index (χ4n) is 2.16. The second-order valence-corrected chi connectivity index (χ2v) is 6.19. The molecule has 110 valence electrons. The standard InChI is InChI=1S/C18H20O3/c1-18(2,3)15-10-8-13(9-11-15)12-4-6-14(7-5-12)16(19)17(20)21/h4-11,16,19H,1-3H3,(H,20,21). The van der Waals surface area contributed by atoms with Crippen molar-refractivity contribution in [2.45, 2.75) is 32.3 Å². The first-order valence-corrected chi connectivity index (χ1v) is 6.91. The number of rotatable bonds is 3. The number of hydrogen-bond donors (Lipinski definition) is 2. The lowest BCUT2D eigenvalue weighted by Crippen LogP contribution is -2.10. The fourth-order valence-corrected chi connectivity index (χ4v) is 2.16. The Morgan fingerprint density at radius 1 is 0.905 bits per heavy atom. The smallest absolute Gasteiger partial charge is 0.337 e. The third kappa shape index (κ3) is 3.50. The molecule has 2 aromatic rings. The summed E-state index contributed by atoms with van der Waals surface area (Å²) in [5.41, 5.74) is 3.84. The molecule has 0 saturated heterocycles. The Balaban J connectivity index is 2.25. The van der Waals surface area contributed by atoms with Crippen LogP contribution in [0.2, 0.25) is 0 Å². The zero-order valence-corrected chi connectivity index (χ0v) is 12.5. The summed E-state index contributed by atoms with van der Waals surface area (Å²) in [5, 5.41) is 18.3. The Morgan fingerprint density at radius 2 is 1.33 bits per heavy atom. The molecule has 0 aromatic heterocycles. The highest BCUT2D eigenvalue weighted by Gasteiger charge is 2.16. The van der Waals surface area contributed by atoms with Gasteiger partial charge in [0.25, 0.3) is 0 Å². The van der Waals surface area contributed by atoms with E-state index in [9.17, 15) is 9.90 Å². The number of carboxylic acids is 1. The number of aliphatic hydroxyl groups is 1. The molecule has 1 unspecified atom stereocenters. The number of carbonyl (C=O) groups is 1. The third-order valence-corrected chi connectivity index (χ3v) is 3.54. The number of benzene rings is 2. The van der Waals surface area contributed by atoms with Gasteiger partial charge in [0, 0.05) is 0 Å². The molecule has 0 aliphatic carbocycles. The van der Waals surface area contributed by atoms with E-state index in [-0.39, 0.29) is 5.41 Å². The van der Waals surface area contributed by atoms with E-state index in [0.29, 0.717) is 5.56 Å². The third-order valence-electron chi connectivity index (χ3n) is 3.54. The van der Waals surface area contributed by atoms with Gasteiger partial charge in [-0.05, 0) is 27.7 Å². The van der Waals surface area contributed by atoms with Crippen molar-refractivity contribution in [2.75, 3.05) is 0 Å². The summed E-state index contributed by atoms with van der Waals surface area (Å²) in [4.78, 5) is 10.7. The summed E-state index contributed by atoms with van der Waals surface area (Å²) in [6.45, 7) is 6.51. The summed E-state index contributed by atoms with van der Waals surface area (Å²) in [6.07, 6.45) is -1.47. The molecule has 2 aromatic carbocycles. The molecule has 1 atom stereocenters. The molecule has 2 rings (SSSR count). The maximum Gasteiger partial charge on any atom is 0.337 e. The van der Waals surface area contributed by atoms with Gasteiger partial charge in [-0.1, -0.05) is 69.3 Å². The van der Waals surface area contributed by atoms with Crippen LogP contribution in [-0.2, 0) is 10.2 Å². The Morgan fingerprint density at radius 3 is 1.71 bits per heavy atom. The molecule has 0 heterocycles. The first kappa shape index (κ1) is 15.3. The van der Waals surface area contributed by atoms with Gasteiger partial charge in [-0.15, -0.1) is 0 Å². The number of carboxylic acid groups (broad SMARTS) is 1. The molecule has 0 fully saturated rings. The highest BCUT2D eigenvalue weighted by molar-refractivity contribution is 5.74. The second-order valence-electron chi connectivity index (χ2n) is 6.19. The predicted octanol–water partition coefficient (Wildman–Crippen LogP) is 3.77. The van der Waals surface area contributed by atoms with E-state index in [1.807, 2.05) is 12.1 Å². The number of aliphatic carboxylic acids is 1. The molecule has 0 aliphatic rings. The van der Waals surface area contributed by atoms with Crippen LogP contribution in [0.25, 0.3) is 11.1 Å². The van der Waals surface area contributed by atoms with Crippen molar-refractivity contribution in [1.29, 1.82) is 0 Å². The minimum atomic E-state index is -1.47. The van der Waals surface area contributed by atoms with Gasteiger partial charge in [0.15, 0.2) is 6.10 Å². The molecule has 3 nitrogen and oxygen atoms in total. The first-order valence-electron chi connectivity index (χ1n) is 6.91. The highest BCUT2D eigenvalue weighted by Crippen LogP contribution is 2.27. The van der Waals surface area contributed by atoms with Gasteiger partial charge in [-0.25, -0.2) is 4.79 Å². The van der Waals surface area contributed by atoms with Gasteiger partial charge in [-0.3, -0.25) is 0 Å². The van der Waals surface area contributed by atoms with E-state index in [0.717, 1.165) is 11.1 Å². The van der Waals surface area contributed by atoms with Gasteiger partial charge in [0.1, 0.15) is 0 Å². The van der Waals surface area contributed by atoms with Gasteiger partial charge < -0.3 is 10.2 Å². The molecule has 0 spiro atoms. The average Bonchev–Trinajstić information content (AvgIpc) is 2.46. The SMILES string of the molecule is CC(C)(C)c1ccc(-c2ccc(C(O)C(=O)O)cc2)cc1. The van der Waals surface area contributed by atoms with E-state index in [2.05, 4.69) is 45.0 Å². The van der Waals surface area contributed by atoms with Crippen LogP contribution in [0.5, 0.6) is 0 Å². The van der Waals surface area contributed by atoms with Crippen molar-refractivity contribution in [2.24, 2.45) is 0 Å². The molecule has 0 bridgehead atoms. The van der Waals surface area contributed by atoms with Crippen LogP contribution < -0.4 is 0 Å². The monoisotopic (exact) mass is 284 g/mol. The molecular formula is C18H20O3. The number of aliphatic hydroxyl groups excluding tert-OH is 1. The zero-order chi connectivity index (χ0) is 15.6. The highest BCUT2D eigenvalue weighted by atomic mass is 16.4. The summed E-state index contributed by atoms with van der Waals surface area (Å²) >= 11 is 0. The lowest BCUT2D eigenvalue weighted by molar-refractivity contribution is -0.146. The van der Waals surface area contributed by atoms with Crippen LogP contribution in [0.1, 0.15) is 38.0 Å². The quantitative estimate of drug-likeness (QED) is 0.902. The van der Waals surface area contributed by atoms with Crippen LogP contribution >= 0.6 is 0 Å². The average molecular weight is 284 g/mol. The minimum absolute atomic E-state index is 0.119. The van der Waals surface area contributed by atoms with Crippen molar-refractivity contribution in [1.82, 2.24) is 0 Å². The van der Waals surface area contributed by atoms with E-state index < -0.39 is 12.1 Å². The Hall–Kier alpha value is -2.13. The molecule has 0 radical (unpaired) electrons. The van der Waals surface area contributed by atoms with E-state index in [1.165, 1.54) is 5.56 Å². The number of hydrogen-bond acceptors (Lipinski definition) is 2. The van der Waals surface area contributed by atoms with Crippen molar-refractivity contribution < 1.29 is 15.0 Å². The summed E-state index contributed by atoms with van der Waals surface area (Å²) in [5.74, 6) is -1.24. The summed E-state index contributed by atoms with van der Waals surface area (Å²) in [6, 6.07) is 15.3. The Labute approximate surface area is 124 Å². The molecule has 0 aliphatic heterocycles. The van der Waals surface area contributed by atoms with Crippen LogP contribution in [0.4, 0.5) is 0 Å². The van der Waals surface area contributed by atoms with Crippen LogP contribution in [-0.4, -0.2) is 16.2 Å². The summed E-state index contributed by atoms with van der Waals surface area (Å²) < 4.78 is 0. The molecule has 21 heavy (non-hydrogen) atoms. The fraction of sp³-hybridized carbons (Fsp3) is 0.278. The first-order chi connectivity index (χ1) is 9.79. The molecule has 0 amide bonds. The molecule has 3 heteroatoms. The minimum Gasteiger partial charge on any atom is -0.479 e. The lowest BCUT2D eigenvalue weighted by Gasteiger charge is -2.19. The van der Waals surface area contributed by atoms with E-state index in [1.54, 1.807) is 12.1 Å². The summed E-state index contributed by atoms with van der Waals surface area (Å²) in [7, 11) is 0. The van der Waals surface area contributed by atoms with Crippen molar-refractivity contribution in [3.63, 3.8) is 0 Å². The van der Waals surface area contributed by atoms with Crippen molar-refractivity contribution in [3.05, 3.63) is 59.7 Å². The van der Waals surface area contributed by atoms with Crippen LogP contribution in [0.15, 0.2) is 48.5 Å². The van der Waals surface area contributed by atoms with Gasteiger partial charge in [0.2, 0.25) is 0 Å². The van der Waals surface area contributed by atoms with E-state index >= 15 is 0 Å². The van der Waals surface area contributed by atoms with Gasteiger partial charge in [-0.2, -0.15) is 0 Å². The lowest BCUT2D eigenvalue weighted by atomic mass is 9.86. The normalized spacial score (nSPS) is 13.0. The Bertz CT molecular complexity index is 619. The molecule has 2 N–H and O–H groups in total. The maximum absolute atomic E-state index is 10.7. The maximum atomic E-state index is 10.7. The van der Waals surface area contributed by atoms with Crippen molar-refractivity contribution >= 4 is 5.97 Å². The van der Waals surface area contributed by atoms with Gasteiger partial charge in [0.05, 0.1) is 0 Å². The van der Waals surface area contributed by atoms with Crippen LogP contribution in [0.3, 0.4) is 0 Å². The van der Waals surface area contributed by atoms with E-state index in [4.69, 9.17) is 5.11 Å². The zero-order valence-electron chi connectivity index (χ0n) is 12.5. The Kier molecular flexibility index (Phi) is 4.14. The van der Waals surface area contributed by atoms with Gasteiger partial charge >= 0.3 is 5.97 Å². The van der Waals surface area contributed by atoms with Crippen LogP contribution in [0, 0.1) is 0 Å². The largest absolute Gasteiger partial charge is 0.479 e. The predicted molar refractivity (Wildman–Crippen MR) is 83.2 cm³/mol. The second kappa shape index (κ2) is 5.70. The molecular weight excluding hydrogens is 264 g/mol. The topological polar surface area (TPSA) is 57.5 Å². The molecule has 0 saturated carbocycles. The van der Waals surface area contributed by atoms with Crippen molar-refractivity contribution in [3.8, 4) is 11.1 Å².